The van der Waals surface area contributed by atoms with Crippen LogP contribution >= 0.6 is 11.6 Å². The van der Waals surface area contributed by atoms with Gasteiger partial charge in [0, 0.05) is 79.9 Å². The van der Waals surface area contributed by atoms with Gasteiger partial charge < -0.3 is 15.1 Å². The van der Waals surface area contributed by atoms with E-state index in [1.54, 1.807) is 0 Å². The third kappa shape index (κ3) is 6.87. The van der Waals surface area contributed by atoms with Gasteiger partial charge in [0.1, 0.15) is 11.4 Å². The number of nitro benzene ring substituents is 1. The highest BCUT2D eigenvalue weighted by Crippen LogP contribution is 2.38. The maximum Gasteiger partial charge on any atom is 0.423 e. The number of nitrogens with zero attached hydrogens (tertiary/aromatic N) is 5. The Balaban J connectivity index is 1.09. The third-order valence-electron chi connectivity index (χ3n) is 7.96. The van der Waals surface area contributed by atoms with E-state index in [-0.39, 0.29) is 23.6 Å². The molecule has 2 aromatic carbocycles. The lowest BCUT2D eigenvalue weighted by atomic mass is 10.0. The highest BCUT2D eigenvalue weighted by atomic mass is 35.5. The number of piperidine rings is 1. The summed E-state index contributed by atoms with van der Waals surface area (Å²) in [6.45, 7) is 6.82. The van der Waals surface area contributed by atoms with Crippen molar-refractivity contribution in [3.63, 3.8) is 0 Å². The number of fused-ring (bicyclic) bond motifs is 1. The Kier molecular flexibility index (Phi) is 8.74. The molecule has 13 heteroatoms. The van der Waals surface area contributed by atoms with Crippen molar-refractivity contribution < 1.29 is 22.9 Å². The molecule has 1 aromatic heterocycles. The monoisotopic (exact) mass is 604 g/mol. The number of halogens is 4. The summed E-state index contributed by atoms with van der Waals surface area (Å²) in [7, 11) is 0. The smallest absolute Gasteiger partial charge is 0.382 e. The first-order chi connectivity index (χ1) is 20.0. The number of aromatic nitrogens is 1. The minimum absolute atomic E-state index is 0.0698. The summed E-state index contributed by atoms with van der Waals surface area (Å²) in [6, 6.07) is 12.5. The minimum atomic E-state index is -4.83. The van der Waals surface area contributed by atoms with E-state index in [1.165, 1.54) is 6.07 Å². The summed E-state index contributed by atoms with van der Waals surface area (Å²) in [5.41, 5.74) is -1.18. The van der Waals surface area contributed by atoms with E-state index < -0.39 is 22.4 Å². The molecule has 1 N–H and O–H groups in total. The van der Waals surface area contributed by atoms with Gasteiger partial charge in [0.25, 0.3) is 5.69 Å². The van der Waals surface area contributed by atoms with Gasteiger partial charge in [0.2, 0.25) is 5.91 Å². The topological polar surface area (TPSA) is 94.8 Å². The lowest BCUT2D eigenvalue weighted by Crippen LogP contribution is -2.50. The lowest BCUT2D eigenvalue weighted by Gasteiger charge is -2.38. The SMILES string of the molecule is CC(CN1CCN(c2ccc3cc(Cl)ccc3n2)CC1)C(=O)N1CCC(Nc2ccc([N+](=O)[O-])c(C(F)(F)F)c2)CC1. The van der Waals surface area contributed by atoms with Crippen LogP contribution in [0.2, 0.25) is 5.02 Å². The Morgan fingerprint density at radius 3 is 2.45 bits per heavy atom. The van der Waals surface area contributed by atoms with Crippen molar-refractivity contribution in [3.05, 3.63) is 69.2 Å². The fourth-order valence-corrected chi connectivity index (χ4v) is 5.87. The quantitative estimate of drug-likeness (QED) is 0.274. The second kappa shape index (κ2) is 12.3. The van der Waals surface area contributed by atoms with Crippen molar-refractivity contribution in [2.24, 2.45) is 5.92 Å². The molecule has 1 atom stereocenters. The average Bonchev–Trinajstić information content (AvgIpc) is 2.96. The summed E-state index contributed by atoms with van der Waals surface area (Å²) in [4.78, 5) is 34.3. The van der Waals surface area contributed by atoms with Gasteiger partial charge >= 0.3 is 6.18 Å². The van der Waals surface area contributed by atoms with E-state index in [0.29, 0.717) is 37.5 Å². The second-order valence-corrected chi connectivity index (χ2v) is 11.4. The number of nitro groups is 1. The van der Waals surface area contributed by atoms with E-state index in [1.807, 2.05) is 42.2 Å². The summed E-state index contributed by atoms with van der Waals surface area (Å²) in [5, 5.41) is 15.7. The number of benzene rings is 2. The van der Waals surface area contributed by atoms with E-state index in [2.05, 4.69) is 15.1 Å². The number of alkyl halides is 3. The molecule has 3 heterocycles. The predicted octanol–water partition coefficient (Wildman–Crippen LogP) is 5.68. The zero-order valence-corrected chi connectivity index (χ0v) is 23.9. The van der Waals surface area contributed by atoms with Crippen molar-refractivity contribution >= 4 is 45.6 Å². The van der Waals surface area contributed by atoms with Gasteiger partial charge in [-0.05, 0) is 55.3 Å². The first kappa shape index (κ1) is 29.8. The van der Waals surface area contributed by atoms with Crippen molar-refractivity contribution in [2.45, 2.75) is 32.0 Å². The Bertz CT molecular complexity index is 1460. The van der Waals surface area contributed by atoms with Crippen LogP contribution < -0.4 is 10.2 Å². The molecule has 1 amide bonds. The predicted molar refractivity (Wildman–Crippen MR) is 156 cm³/mol. The van der Waals surface area contributed by atoms with Crippen molar-refractivity contribution in [3.8, 4) is 0 Å². The molecule has 2 fully saturated rings. The van der Waals surface area contributed by atoms with E-state index in [4.69, 9.17) is 16.6 Å². The van der Waals surface area contributed by atoms with Crippen molar-refractivity contribution in [1.82, 2.24) is 14.8 Å². The molecular weight excluding hydrogens is 573 g/mol. The molecule has 9 nitrogen and oxygen atoms in total. The molecule has 0 radical (unpaired) electrons. The summed E-state index contributed by atoms with van der Waals surface area (Å²) >= 11 is 6.08. The number of piperazine rings is 1. The molecule has 2 aliphatic heterocycles. The minimum Gasteiger partial charge on any atom is -0.382 e. The van der Waals surface area contributed by atoms with Crippen molar-refractivity contribution in [2.75, 3.05) is 56.0 Å². The van der Waals surface area contributed by atoms with Crippen LogP contribution in [0.5, 0.6) is 0 Å². The van der Waals surface area contributed by atoms with Crippen LogP contribution in [0, 0.1) is 16.0 Å². The number of nitrogens with one attached hydrogen (secondary N) is 1. The summed E-state index contributed by atoms with van der Waals surface area (Å²) in [5.74, 6) is 0.808. The molecule has 0 bridgehead atoms. The largest absolute Gasteiger partial charge is 0.423 e. The van der Waals surface area contributed by atoms with Gasteiger partial charge in [-0.1, -0.05) is 18.5 Å². The van der Waals surface area contributed by atoms with Crippen LogP contribution in [0.25, 0.3) is 10.9 Å². The third-order valence-corrected chi connectivity index (χ3v) is 8.20. The molecule has 0 spiro atoms. The summed E-state index contributed by atoms with van der Waals surface area (Å²) in [6.07, 6.45) is -3.69. The highest BCUT2D eigenvalue weighted by molar-refractivity contribution is 6.31. The van der Waals surface area contributed by atoms with E-state index in [9.17, 15) is 28.1 Å². The fraction of sp³-hybridized carbons (Fsp3) is 0.448. The Hall–Kier alpha value is -3.64. The van der Waals surface area contributed by atoms with Crippen LogP contribution in [0.3, 0.4) is 0 Å². The molecule has 224 valence electrons. The van der Waals surface area contributed by atoms with Gasteiger partial charge in [-0.2, -0.15) is 13.2 Å². The number of hydrogen-bond acceptors (Lipinski definition) is 7. The van der Waals surface area contributed by atoms with Crippen molar-refractivity contribution in [1.29, 1.82) is 0 Å². The Morgan fingerprint density at radius 1 is 1.07 bits per heavy atom. The number of pyridine rings is 1. The molecule has 0 aliphatic carbocycles. The van der Waals surface area contributed by atoms with Gasteiger partial charge in [0.15, 0.2) is 0 Å². The van der Waals surface area contributed by atoms with Crippen LogP contribution in [-0.4, -0.2) is 77.5 Å². The summed E-state index contributed by atoms with van der Waals surface area (Å²) < 4.78 is 40.0. The number of anilines is 2. The van der Waals surface area contributed by atoms with E-state index in [0.717, 1.165) is 55.0 Å². The standard InChI is InChI=1S/C29H32ClF3N6O3/c1-19(18-36-12-14-37(15-13-36)27-7-2-20-16-21(30)3-5-25(20)35-27)28(40)38-10-8-22(9-11-38)34-23-4-6-26(39(41)42)24(17-23)29(31,32)33/h2-7,16-17,19,22,34H,8-15,18H2,1H3. The van der Waals surface area contributed by atoms with Crippen LogP contribution in [-0.2, 0) is 11.0 Å². The Morgan fingerprint density at radius 2 is 1.79 bits per heavy atom. The number of carbonyl (C=O) groups excluding carboxylic acids is 1. The molecule has 3 aromatic rings. The van der Waals surface area contributed by atoms with Crippen LogP contribution in [0.1, 0.15) is 25.3 Å². The molecular formula is C29H32ClF3N6O3. The van der Waals surface area contributed by atoms with Gasteiger partial charge in [0.05, 0.1) is 10.4 Å². The van der Waals surface area contributed by atoms with E-state index >= 15 is 0 Å². The Labute approximate surface area is 246 Å². The first-order valence-electron chi connectivity index (χ1n) is 13.9. The fourth-order valence-electron chi connectivity index (χ4n) is 5.69. The zero-order chi connectivity index (χ0) is 30.0. The molecule has 0 saturated carbocycles. The van der Waals surface area contributed by atoms with Gasteiger partial charge in [-0.25, -0.2) is 4.98 Å². The van der Waals surface area contributed by atoms with Gasteiger partial charge in [-0.15, -0.1) is 0 Å². The van der Waals surface area contributed by atoms with Crippen LogP contribution in [0.15, 0.2) is 48.5 Å². The molecule has 1 unspecified atom stereocenters. The lowest BCUT2D eigenvalue weighted by molar-refractivity contribution is -0.388. The second-order valence-electron chi connectivity index (χ2n) is 10.9. The number of carbonyl (C=O) groups is 1. The maximum absolute atomic E-state index is 13.3. The van der Waals surface area contributed by atoms with Gasteiger partial charge in [-0.3, -0.25) is 19.8 Å². The normalized spacial score (nSPS) is 17.8. The highest BCUT2D eigenvalue weighted by Gasteiger charge is 2.38. The average molecular weight is 605 g/mol. The number of likely N-dealkylation sites (tertiary alicyclic amines) is 1. The number of hydrogen-bond donors (Lipinski definition) is 1. The molecule has 5 rings (SSSR count). The first-order valence-corrected chi connectivity index (χ1v) is 14.3. The molecule has 2 saturated heterocycles. The molecule has 2 aliphatic rings. The van der Waals surface area contributed by atoms with Crippen LogP contribution in [0.4, 0.5) is 30.4 Å². The zero-order valence-electron chi connectivity index (χ0n) is 23.1. The number of rotatable bonds is 7. The number of amides is 1. The maximum atomic E-state index is 13.3. The molecule has 42 heavy (non-hydrogen) atoms.